The number of carbonyl (C=O) groups excluding carboxylic acids is 1. The molecule has 0 aliphatic heterocycles. The average Bonchev–Trinajstić information content (AvgIpc) is 2.37. The van der Waals surface area contributed by atoms with Gasteiger partial charge in [0.25, 0.3) is 0 Å². The fourth-order valence-electron chi connectivity index (χ4n) is 1.63. The van der Waals surface area contributed by atoms with E-state index in [0.29, 0.717) is 37.3 Å². The number of hydrogen-bond donors (Lipinski definition) is 2. The molecule has 19 heavy (non-hydrogen) atoms. The van der Waals surface area contributed by atoms with E-state index in [-0.39, 0.29) is 12.3 Å². The third-order valence-corrected chi connectivity index (χ3v) is 2.51. The van der Waals surface area contributed by atoms with Crippen molar-refractivity contribution >= 4 is 17.6 Å². The summed E-state index contributed by atoms with van der Waals surface area (Å²) in [6.45, 7) is 2.41. The van der Waals surface area contributed by atoms with E-state index < -0.39 is 5.97 Å². The number of carbonyl (C=O) groups is 2. The van der Waals surface area contributed by atoms with Crippen LogP contribution in [0.4, 0.5) is 5.69 Å². The first-order valence-electron chi connectivity index (χ1n) is 6.37. The molecule has 0 fully saturated rings. The molecule has 0 aromatic heterocycles. The summed E-state index contributed by atoms with van der Waals surface area (Å²) in [4.78, 5) is 22.0. The maximum atomic E-state index is 11.7. The van der Waals surface area contributed by atoms with E-state index in [1.54, 1.807) is 12.1 Å². The predicted molar refractivity (Wildman–Crippen MR) is 72.3 cm³/mol. The van der Waals surface area contributed by atoms with Crippen LogP contribution in [0.1, 0.15) is 32.6 Å². The molecule has 104 valence electrons. The Kier molecular flexibility index (Phi) is 6.43. The average molecular weight is 265 g/mol. The molecule has 0 unspecified atom stereocenters. The second-order valence-electron chi connectivity index (χ2n) is 4.08. The number of unbranched alkanes of at least 4 members (excludes halogenated alkanes) is 1. The first-order valence-corrected chi connectivity index (χ1v) is 6.37. The highest BCUT2D eigenvalue weighted by molar-refractivity contribution is 5.92. The van der Waals surface area contributed by atoms with Crippen molar-refractivity contribution in [3.05, 3.63) is 24.3 Å². The molecule has 5 heteroatoms. The van der Waals surface area contributed by atoms with E-state index in [1.807, 2.05) is 19.1 Å². The lowest BCUT2D eigenvalue weighted by molar-refractivity contribution is -0.137. The molecular formula is C14H19NO4. The molecule has 0 aliphatic carbocycles. The molecule has 0 atom stereocenters. The highest BCUT2D eigenvalue weighted by Gasteiger charge is 2.07. The normalized spacial score (nSPS) is 9.95. The quantitative estimate of drug-likeness (QED) is 0.708. The van der Waals surface area contributed by atoms with Crippen LogP contribution in [0.5, 0.6) is 5.75 Å². The monoisotopic (exact) mass is 265 g/mol. The van der Waals surface area contributed by atoms with Crippen LogP contribution in [-0.4, -0.2) is 23.6 Å². The number of para-hydroxylation sites is 2. The number of amides is 1. The van der Waals surface area contributed by atoms with Gasteiger partial charge in [0, 0.05) is 12.8 Å². The van der Waals surface area contributed by atoms with Gasteiger partial charge >= 0.3 is 5.97 Å². The van der Waals surface area contributed by atoms with Crippen molar-refractivity contribution in [1.29, 1.82) is 0 Å². The maximum absolute atomic E-state index is 11.7. The first-order chi connectivity index (χ1) is 9.13. The van der Waals surface area contributed by atoms with Gasteiger partial charge in [0.05, 0.1) is 12.3 Å². The number of rotatable bonds is 8. The van der Waals surface area contributed by atoms with Crippen molar-refractivity contribution in [2.75, 3.05) is 11.9 Å². The van der Waals surface area contributed by atoms with Crippen LogP contribution >= 0.6 is 0 Å². The zero-order valence-corrected chi connectivity index (χ0v) is 11.0. The van der Waals surface area contributed by atoms with Gasteiger partial charge in [-0.05, 0) is 31.9 Å². The smallest absolute Gasteiger partial charge is 0.303 e. The van der Waals surface area contributed by atoms with Crippen molar-refractivity contribution in [2.24, 2.45) is 0 Å². The van der Waals surface area contributed by atoms with E-state index in [9.17, 15) is 9.59 Å². The second-order valence-corrected chi connectivity index (χ2v) is 4.08. The summed E-state index contributed by atoms with van der Waals surface area (Å²) < 4.78 is 5.40. The maximum Gasteiger partial charge on any atom is 0.303 e. The Morgan fingerprint density at radius 1 is 1.21 bits per heavy atom. The van der Waals surface area contributed by atoms with Crippen molar-refractivity contribution in [3.63, 3.8) is 0 Å². The number of hydrogen-bond acceptors (Lipinski definition) is 3. The van der Waals surface area contributed by atoms with Gasteiger partial charge in [-0.3, -0.25) is 9.59 Å². The molecule has 1 aromatic carbocycles. The van der Waals surface area contributed by atoms with Gasteiger partial charge < -0.3 is 15.2 Å². The molecule has 1 rings (SSSR count). The highest BCUT2D eigenvalue weighted by Crippen LogP contribution is 2.23. The number of carboxylic acids is 1. The summed E-state index contributed by atoms with van der Waals surface area (Å²) >= 11 is 0. The molecule has 5 nitrogen and oxygen atoms in total. The summed E-state index contributed by atoms with van der Waals surface area (Å²) in [5.41, 5.74) is 0.646. The van der Waals surface area contributed by atoms with E-state index >= 15 is 0 Å². The number of carboxylic acid groups (broad SMARTS) is 1. The van der Waals surface area contributed by atoms with Crippen molar-refractivity contribution < 1.29 is 19.4 Å². The summed E-state index contributed by atoms with van der Waals surface area (Å²) in [6, 6.07) is 7.24. The Morgan fingerprint density at radius 3 is 2.58 bits per heavy atom. The molecular weight excluding hydrogens is 246 g/mol. The van der Waals surface area contributed by atoms with Gasteiger partial charge in [-0.1, -0.05) is 12.1 Å². The van der Waals surface area contributed by atoms with Crippen molar-refractivity contribution in [2.45, 2.75) is 32.6 Å². The molecule has 1 aromatic rings. The second kappa shape index (κ2) is 8.13. The number of anilines is 1. The number of aliphatic carboxylic acids is 1. The van der Waals surface area contributed by atoms with Crippen LogP contribution in [0.2, 0.25) is 0 Å². The largest absolute Gasteiger partial charge is 0.492 e. The predicted octanol–water partition coefficient (Wildman–Crippen LogP) is 2.67. The summed E-state index contributed by atoms with van der Waals surface area (Å²) in [5.74, 6) is -0.316. The lowest BCUT2D eigenvalue weighted by atomic mass is 10.2. The van der Waals surface area contributed by atoms with Crippen LogP contribution in [0.3, 0.4) is 0 Å². The Bertz CT molecular complexity index is 431. The Morgan fingerprint density at radius 2 is 1.89 bits per heavy atom. The van der Waals surface area contributed by atoms with Gasteiger partial charge in [-0.25, -0.2) is 0 Å². The SMILES string of the molecule is CCOc1ccccc1NC(=O)CCCCC(=O)O. The van der Waals surface area contributed by atoms with Crippen LogP contribution in [0.25, 0.3) is 0 Å². The summed E-state index contributed by atoms with van der Waals surface area (Å²) in [5, 5.41) is 11.3. The number of benzene rings is 1. The third kappa shape index (κ3) is 5.90. The Labute approximate surface area is 112 Å². The Hall–Kier alpha value is -2.04. The lowest BCUT2D eigenvalue weighted by Crippen LogP contribution is -2.12. The molecule has 0 aliphatic rings. The Balaban J connectivity index is 2.41. The van der Waals surface area contributed by atoms with Crippen molar-refractivity contribution in [3.8, 4) is 5.75 Å². The van der Waals surface area contributed by atoms with Crippen LogP contribution in [0, 0.1) is 0 Å². The molecule has 2 N–H and O–H groups in total. The molecule has 0 heterocycles. The minimum atomic E-state index is -0.831. The standard InChI is InChI=1S/C14H19NO4/c1-2-19-12-8-4-3-7-11(12)15-13(16)9-5-6-10-14(17)18/h3-4,7-8H,2,5-6,9-10H2,1H3,(H,15,16)(H,17,18). The summed E-state index contributed by atoms with van der Waals surface area (Å²) in [6.07, 6.45) is 1.49. The van der Waals surface area contributed by atoms with Crippen LogP contribution in [0.15, 0.2) is 24.3 Å². The van der Waals surface area contributed by atoms with Crippen LogP contribution < -0.4 is 10.1 Å². The molecule has 1 amide bonds. The zero-order valence-electron chi connectivity index (χ0n) is 11.0. The fraction of sp³-hybridized carbons (Fsp3) is 0.429. The van der Waals surface area contributed by atoms with E-state index in [2.05, 4.69) is 5.32 Å². The molecule has 0 spiro atoms. The molecule has 0 radical (unpaired) electrons. The summed E-state index contributed by atoms with van der Waals surface area (Å²) in [7, 11) is 0. The van der Waals surface area contributed by atoms with Gasteiger partial charge in [0.15, 0.2) is 0 Å². The van der Waals surface area contributed by atoms with Gasteiger partial charge in [0.2, 0.25) is 5.91 Å². The zero-order chi connectivity index (χ0) is 14.1. The van der Waals surface area contributed by atoms with E-state index in [4.69, 9.17) is 9.84 Å². The first kappa shape index (κ1) is 15.0. The van der Waals surface area contributed by atoms with Gasteiger partial charge in [-0.15, -0.1) is 0 Å². The molecule has 0 bridgehead atoms. The fourth-order valence-corrected chi connectivity index (χ4v) is 1.63. The van der Waals surface area contributed by atoms with E-state index in [1.165, 1.54) is 0 Å². The minimum Gasteiger partial charge on any atom is -0.492 e. The van der Waals surface area contributed by atoms with E-state index in [0.717, 1.165) is 0 Å². The highest BCUT2D eigenvalue weighted by atomic mass is 16.5. The topological polar surface area (TPSA) is 75.6 Å². The minimum absolute atomic E-state index is 0.100. The molecule has 0 saturated heterocycles. The third-order valence-electron chi connectivity index (χ3n) is 2.51. The van der Waals surface area contributed by atoms with Crippen LogP contribution in [-0.2, 0) is 9.59 Å². The van der Waals surface area contributed by atoms with Gasteiger partial charge in [-0.2, -0.15) is 0 Å². The number of nitrogens with one attached hydrogen (secondary N) is 1. The lowest BCUT2D eigenvalue weighted by Gasteiger charge is -2.10. The van der Waals surface area contributed by atoms with Crippen molar-refractivity contribution in [1.82, 2.24) is 0 Å². The van der Waals surface area contributed by atoms with Gasteiger partial charge in [0.1, 0.15) is 5.75 Å². The number of ether oxygens (including phenoxy) is 1. The molecule has 0 saturated carbocycles.